The van der Waals surface area contributed by atoms with E-state index in [2.05, 4.69) is 20.9 Å². The van der Waals surface area contributed by atoms with Crippen LogP contribution in [0.1, 0.15) is 22.3 Å². The molecule has 52 heavy (non-hydrogen) atoms. The second kappa shape index (κ2) is 15.5. The normalized spacial score (nSPS) is 14.6. The predicted molar refractivity (Wildman–Crippen MR) is 205 cm³/mol. The van der Waals surface area contributed by atoms with E-state index in [1.165, 1.54) is 16.7 Å². The zero-order valence-electron chi connectivity index (χ0n) is 27.7. The first-order valence-corrected chi connectivity index (χ1v) is 17.4. The zero-order chi connectivity index (χ0) is 35.9. The van der Waals surface area contributed by atoms with Gasteiger partial charge in [0, 0.05) is 22.6 Å². The Kier molecular flexibility index (Phi) is 10.1. The van der Waals surface area contributed by atoms with Crippen molar-refractivity contribution in [2.45, 2.75) is 16.6 Å². The molecule has 0 spiro atoms. The molecule has 0 aliphatic carbocycles. The molecule has 0 aromatic heterocycles. The van der Waals surface area contributed by atoms with Gasteiger partial charge in [-0.25, -0.2) is 4.90 Å². The first-order valence-electron chi connectivity index (χ1n) is 16.5. The molecule has 1 atom stereocenters. The Bertz CT molecular complexity index is 2320. The SMILES string of the molecule is O=C(Nc1ccc(SC2CC(=O)N(c3ccc(N=Nc4ccccc4)cc3)C2=O)cc1)C(=Cc1cccc2ccccc12)NC(=O)c1ccccc1. The van der Waals surface area contributed by atoms with Crippen molar-refractivity contribution in [3.63, 3.8) is 0 Å². The van der Waals surface area contributed by atoms with Crippen molar-refractivity contribution in [3.05, 3.63) is 168 Å². The number of rotatable bonds is 10. The van der Waals surface area contributed by atoms with Crippen LogP contribution < -0.4 is 15.5 Å². The zero-order valence-corrected chi connectivity index (χ0v) is 28.5. The van der Waals surface area contributed by atoms with Crippen molar-refractivity contribution in [2.75, 3.05) is 10.2 Å². The Hall–Kier alpha value is -6.65. The number of anilines is 2. The Balaban J connectivity index is 1.03. The van der Waals surface area contributed by atoms with Gasteiger partial charge in [0.2, 0.25) is 11.8 Å². The lowest BCUT2D eigenvalue weighted by atomic mass is 10.0. The number of imide groups is 1. The third-order valence-electron chi connectivity index (χ3n) is 8.29. The van der Waals surface area contributed by atoms with Gasteiger partial charge in [-0.05, 0) is 95.2 Å². The lowest BCUT2D eigenvalue weighted by Gasteiger charge is -2.15. The fourth-order valence-corrected chi connectivity index (χ4v) is 6.75. The molecule has 1 unspecified atom stereocenters. The van der Waals surface area contributed by atoms with Gasteiger partial charge in [0.05, 0.1) is 22.3 Å². The molecule has 6 aromatic rings. The second-order valence-corrected chi connectivity index (χ2v) is 13.1. The maximum absolute atomic E-state index is 13.7. The van der Waals surface area contributed by atoms with Gasteiger partial charge in [0.1, 0.15) is 5.70 Å². The standard InChI is InChI=1S/C42H31N5O4S/c48-39-27-38(42(51)47(39)34-22-18-33(19-23-34)46-45-32-15-5-2-6-16-32)52-35-24-20-31(21-25-35)43-41(50)37(44-40(49)29-11-3-1-4-12-29)26-30-14-9-13-28-10-7-8-17-36(28)30/h1-26,38H,27H2,(H,43,50)(H,44,49). The van der Waals surface area contributed by atoms with Crippen molar-refractivity contribution < 1.29 is 19.2 Å². The number of azo groups is 1. The Morgan fingerprint density at radius 3 is 2.06 bits per heavy atom. The van der Waals surface area contributed by atoms with Crippen LogP contribution in [0, 0.1) is 0 Å². The predicted octanol–water partition coefficient (Wildman–Crippen LogP) is 9.09. The van der Waals surface area contributed by atoms with Gasteiger partial charge in [0.25, 0.3) is 11.8 Å². The summed E-state index contributed by atoms with van der Waals surface area (Å²) < 4.78 is 0. The highest BCUT2D eigenvalue weighted by molar-refractivity contribution is 8.00. The van der Waals surface area contributed by atoms with E-state index in [0.29, 0.717) is 22.6 Å². The van der Waals surface area contributed by atoms with Gasteiger partial charge >= 0.3 is 0 Å². The van der Waals surface area contributed by atoms with Gasteiger partial charge in [-0.1, -0.05) is 78.9 Å². The first kappa shape index (κ1) is 33.8. The lowest BCUT2D eigenvalue weighted by Crippen LogP contribution is -2.31. The molecule has 254 valence electrons. The molecule has 9 nitrogen and oxygen atoms in total. The average molecular weight is 702 g/mol. The number of fused-ring (bicyclic) bond motifs is 1. The van der Waals surface area contributed by atoms with Gasteiger partial charge in [-0.2, -0.15) is 10.2 Å². The molecule has 6 aromatic carbocycles. The molecule has 2 N–H and O–H groups in total. The van der Waals surface area contributed by atoms with Crippen LogP contribution in [0.3, 0.4) is 0 Å². The van der Waals surface area contributed by atoms with E-state index < -0.39 is 17.1 Å². The highest BCUT2D eigenvalue weighted by Crippen LogP contribution is 2.35. The van der Waals surface area contributed by atoms with Gasteiger partial charge in [0.15, 0.2) is 0 Å². The number of thioether (sulfide) groups is 1. The molecule has 7 rings (SSSR count). The molecule has 0 saturated carbocycles. The number of hydrogen-bond donors (Lipinski definition) is 2. The van der Waals surface area contributed by atoms with Crippen LogP contribution >= 0.6 is 11.8 Å². The number of nitrogens with zero attached hydrogens (tertiary/aromatic N) is 3. The maximum Gasteiger partial charge on any atom is 0.272 e. The maximum atomic E-state index is 13.7. The Morgan fingerprint density at radius 1 is 0.692 bits per heavy atom. The van der Waals surface area contributed by atoms with E-state index in [4.69, 9.17) is 0 Å². The summed E-state index contributed by atoms with van der Waals surface area (Å²) >= 11 is 1.29. The fourth-order valence-electron chi connectivity index (χ4n) is 5.70. The molecule has 1 fully saturated rings. The van der Waals surface area contributed by atoms with Crippen molar-refractivity contribution in [3.8, 4) is 0 Å². The Labute approximate surface area is 304 Å². The minimum absolute atomic E-state index is 0.0564. The molecule has 1 heterocycles. The van der Waals surface area contributed by atoms with Gasteiger partial charge < -0.3 is 10.6 Å². The third kappa shape index (κ3) is 7.88. The quantitative estimate of drug-likeness (QED) is 0.0839. The van der Waals surface area contributed by atoms with E-state index in [0.717, 1.165) is 26.9 Å². The molecular weight excluding hydrogens is 671 g/mol. The van der Waals surface area contributed by atoms with Crippen LogP contribution in [0.2, 0.25) is 0 Å². The van der Waals surface area contributed by atoms with Crippen LogP contribution in [-0.4, -0.2) is 28.9 Å². The number of nitrogens with one attached hydrogen (secondary N) is 2. The summed E-state index contributed by atoms with van der Waals surface area (Å²) in [5, 5.41) is 15.4. The molecule has 10 heteroatoms. The molecule has 0 bridgehead atoms. The first-order chi connectivity index (χ1) is 25.4. The minimum Gasteiger partial charge on any atom is -0.321 e. The number of hydrogen-bond acceptors (Lipinski definition) is 7. The average Bonchev–Trinajstić information content (AvgIpc) is 3.46. The van der Waals surface area contributed by atoms with Crippen molar-refractivity contribution in [1.29, 1.82) is 0 Å². The molecule has 4 amide bonds. The van der Waals surface area contributed by atoms with Crippen LogP contribution in [0.5, 0.6) is 0 Å². The Morgan fingerprint density at radius 2 is 1.33 bits per heavy atom. The van der Waals surface area contributed by atoms with Crippen LogP contribution in [0.25, 0.3) is 16.8 Å². The van der Waals surface area contributed by atoms with E-state index >= 15 is 0 Å². The largest absolute Gasteiger partial charge is 0.321 e. The van der Waals surface area contributed by atoms with Gasteiger partial charge in [-0.3, -0.25) is 19.2 Å². The molecule has 1 aliphatic rings. The number of carbonyl (C=O) groups excluding carboxylic acids is 4. The highest BCUT2D eigenvalue weighted by Gasteiger charge is 2.40. The van der Waals surface area contributed by atoms with E-state index in [-0.39, 0.29) is 23.9 Å². The van der Waals surface area contributed by atoms with Crippen molar-refractivity contribution >= 4 is 75.0 Å². The molecule has 0 radical (unpaired) electrons. The summed E-state index contributed by atoms with van der Waals surface area (Å²) in [6.45, 7) is 0. The summed E-state index contributed by atoms with van der Waals surface area (Å²) in [6, 6.07) is 45.4. The van der Waals surface area contributed by atoms with E-state index in [1.807, 2.05) is 78.9 Å². The lowest BCUT2D eigenvalue weighted by molar-refractivity contribution is -0.121. The summed E-state index contributed by atoms with van der Waals surface area (Å²) in [7, 11) is 0. The minimum atomic E-state index is -0.603. The highest BCUT2D eigenvalue weighted by atomic mass is 32.2. The van der Waals surface area contributed by atoms with E-state index in [1.54, 1.807) is 78.9 Å². The summed E-state index contributed by atoms with van der Waals surface area (Å²) in [5.74, 6) is -1.50. The second-order valence-electron chi connectivity index (χ2n) is 11.9. The van der Waals surface area contributed by atoms with Crippen LogP contribution in [0.4, 0.5) is 22.7 Å². The monoisotopic (exact) mass is 701 g/mol. The third-order valence-corrected chi connectivity index (χ3v) is 9.49. The van der Waals surface area contributed by atoms with E-state index in [9.17, 15) is 19.2 Å². The van der Waals surface area contributed by atoms with Crippen LogP contribution in [0.15, 0.2) is 172 Å². The van der Waals surface area contributed by atoms with Crippen molar-refractivity contribution in [2.24, 2.45) is 10.2 Å². The summed E-state index contributed by atoms with van der Waals surface area (Å²) in [5.41, 5.74) is 3.55. The fraction of sp³-hybridized carbons (Fsp3) is 0.0476. The molecule has 1 saturated heterocycles. The number of carbonyl (C=O) groups is 4. The van der Waals surface area contributed by atoms with Crippen LogP contribution in [-0.2, 0) is 14.4 Å². The molecule has 1 aliphatic heterocycles. The number of amides is 4. The summed E-state index contributed by atoms with van der Waals surface area (Å²) in [4.78, 5) is 55.1. The topological polar surface area (TPSA) is 120 Å². The summed E-state index contributed by atoms with van der Waals surface area (Å²) in [6.07, 6.45) is 1.72. The smallest absolute Gasteiger partial charge is 0.272 e. The van der Waals surface area contributed by atoms with Gasteiger partial charge in [-0.15, -0.1) is 11.8 Å². The van der Waals surface area contributed by atoms with Crippen molar-refractivity contribution in [1.82, 2.24) is 5.32 Å². The molecular formula is C42H31N5O4S. The number of benzene rings is 6.